The smallest absolute Gasteiger partial charge is 0.349 e. The van der Waals surface area contributed by atoms with Gasteiger partial charge in [0.1, 0.15) is 17.7 Å². The van der Waals surface area contributed by atoms with Gasteiger partial charge in [-0.15, -0.1) is 11.3 Å². The minimum atomic E-state index is -1.16. The van der Waals surface area contributed by atoms with Gasteiger partial charge in [-0.3, -0.25) is 19.3 Å². The number of aliphatic hydroxyl groups excluding tert-OH is 1. The zero-order valence-corrected chi connectivity index (χ0v) is 40.3. The van der Waals surface area contributed by atoms with Gasteiger partial charge in [0.2, 0.25) is 5.91 Å². The molecule has 4 aliphatic heterocycles. The summed E-state index contributed by atoms with van der Waals surface area (Å²) >= 11 is 9.38. The van der Waals surface area contributed by atoms with Crippen molar-refractivity contribution in [1.29, 1.82) is 0 Å². The van der Waals surface area contributed by atoms with E-state index in [1.165, 1.54) is 5.56 Å². The number of hydrogen-bond donors (Lipinski definition) is 4. The highest BCUT2D eigenvalue weighted by atomic mass is 35.5. The number of carboxylic acids is 1. The molecule has 4 N–H and O–H groups in total. The molecule has 19 heteroatoms. The Morgan fingerprint density at radius 2 is 1.88 bits per heavy atom. The van der Waals surface area contributed by atoms with E-state index in [-0.39, 0.29) is 45.7 Å². The summed E-state index contributed by atoms with van der Waals surface area (Å²) in [6.45, 7) is 10.6. The van der Waals surface area contributed by atoms with Crippen LogP contribution in [0, 0.1) is 0 Å². The third-order valence-corrected chi connectivity index (χ3v) is 16.2. The molecule has 16 nitrogen and oxygen atoms in total. The Hall–Kier alpha value is -6.05. The number of fused-ring (bicyclic) bond motifs is 1. The van der Waals surface area contributed by atoms with Gasteiger partial charge >= 0.3 is 5.97 Å². The Morgan fingerprint density at radius 3 is 2.63 bits per heavy atom. The number of imidazole rings is 1. The molecular formula is C49H52ClN9O7S2. The molecule has 6 aromatic rings. The van der Waals surface area contributed by atoms with Gasteiger partial charge in [-0.25, -0.2) is 18.6 Å². The summed E-state index contributed by atoms with van der Waals surface area (Å²) < 4.78 is 9.60. The van der Waals surface area contributed by atoms with Crippen LogP contribution in [0.2, 0.25) is 5.02 Å². The van der Waals surface area contributed by atoms with Crippen LogP contribution in [0.3, 0.4) is 0 Å². The summed E-state index contributed by atoms with van der Waals surface area (Å²) in [7, 11) is 1.00. The van der Waals surface area contributed by atoms with Gasteiger partial charge in [0.05, 0.1) is 34.4 Å². The maximum atomic E-state index is 13.7. The molecule has 0 aliphatic carbocycles. The number of rotatable bonds is 13. The first-order valence-corrected chi connectivity index (χ1v) is 24.7. The fourth-order valence-corrected chi connectivity index (χ4v) is 12.5. The monoisotopic (exact) mass is 977 g/mol. The van der Waals surface area contributed by atoms with Crippen LogP contribution in [0.1, 0.15) is 89.6 Å². The molecule has 3 aromatic heterocycles. The van der Waals surface area contributed by atoms with Gasteiger partial charge in [-0.1, -0.05) is 60.5 Å². The van der Waals surface area contributed by atoms with Gasteiger partial charge in [0, 0.05) is 60.7 Å². The van der Waals surface area contributed by atoms with Crippen LogP contribution in [-0.2, 0) is 15.3 Å². The van der Waals surface area contributed by atoms with E-state index in [4.69, 9.17) is 36.5 Å². The molecular weight excluding hydrogens is 926 g/mol. The minimum absolute atomic E-state index is 0.0103. The maximum Gasteiger partial charge on any atom is 0.349 e. The Labute approximate surface area is 406 Å². The first kappa shape index (κ1) is 47.0. The van der Waals surface area contributed by atoms with Crippen LogP contribution < -0.4 is 25.2 Å². The van der Waals surface area contributed by atoms with Crippen LogP contribution in [-0.4, -0.2) is 109 Å². The van der Waals surface area contributed by atoms with E-state index >= 15 is 0 Å². The van der Waals surface area contributed by atoms with E-state index in [1.807, 2.05) is 54.9 Å². The predicted molar refractivity (Wildman–Crippen MR) is 266 cm³/mol. The normalized spacial score (nSPS) is 19.5. The van der Waals surface area contributed by atoms with Crippen molar-refractivity contribution in [2.24, 2.45) is 0 Å². The van der Waals surface area contributed by atoms with Gasteiger partial charge in [-0.05, 0) is 99.1 Å². The summed E-state index contributed by atoms with van der Waals surface area (Å²) in [6.07, 6.45) is 9.20. The third-order valence-electron chi connectivity index (χ3n) is 13.1. The first-order valence-electron chi connectivity index (χ1n) is 22.5. The minimum Gasteiger partial charge on any atom is -0.483 e. The Kier molecular flexibility index (Phi) is 13.5. The molecule has 2 unspecified atom stereocenters. The summed E-state index contributed by atoms with van der Waals surface area (Å²) in [5, 5.41) is 30.4. The van der Waals surface area contributed by atoms with Crippen molar-refractivity contribution in [2.45, 2.75) is 81.7 Å². The Balaban J connectivity index is 0.00000285. The second-order valence-electron chi connectivity index (χ2n) is 17.9. The number of thiophene rings is 1. The topological polar surface area (TPSA) is 195 Å². The number of aromatic carboxylic acids is 1. The molecule has 68 heavy (non-hydrogen) atoms. The molecule has 3 fully saturated rings. The average molecular weight is 979 g/mol. The first-order chi connectivity index (χ1) is 32.9. The molecule has 10 rings (SSSR count). The second-order valence-corrected chi connectivity index (χ2v) is 20.3. The number of nitrogens with one attached hydrogen (secondary N) is 2. The van der Waals surface area contributed by atoms with Crippen LogP contribution in [0.5, 0.6) is 5.75 Å². The number of benzene rings is 3. The zero-order chi connectivity index (χ0) is 47.9. The fraction of sp³-hybridized carbons (Fsp3) is 0.367. The van der Waals surface area contributed by atoms with Crippen molar-refractivity contribution >= 4 is 92.7 Å². The highest BCUT2D eigenvalue weighted by molar-refractivity contribution is 7.96. The molecule has 354 valence electrons. The molecule has 0 radical (unpaired) electrons. The molecule has 4 aliphatic rings. The number of aromatic nitrogens is 4. The van der Waals surface area contributed by atoms with E-state index in [0.29, 0.717) is 52.7 Å². The number of aliphatic hydroxyl groups is 1. The van der Waals surface area contributed by atoms with Crippen LogP contribution in [0.25, 0.3) is 27.0 Å². The number of halogens is 1. The molecule has 2 amide bonds. The molecule has 7 heterocycles. The number of carboxylic acid groups (broad SMARTS) is 1. The van der Waals surface area contributed by atoms with Crippen LogP contribution in [0.15, 0.2) is 79.3 Å². The lowest BCUT2D eigenvalue weighted by atomic mass is 9.85. The van der Waals surface area contributed by atoms with Gasteiger partial charge in [0.15, 0.2) is 22.7 Å². The Morgan fingerprint density at radius 1 is 1.09 bits per heavy atom. The fourth-order valence-electron chi connectivity index (χ4n) is 9.99. The van der Waals surface area contributed by atoms with E-state index in [0.717, 1.165) is 103 Å². The molecule has 2 atom stereocenters. The molecule has 0 spiro atoms. The van der Waals surface area contributed by atoms with E-state index in [1.54, 1.807) is 21.4 Å². The number of allylic oxidation sites excluding steroid dienone is 1. The number of amides is 2. The number of carbonyl (C=O) groups excluding carboxylic acids is 3. The van der Waals surface area contributed by atoms with Crippen molar-refractivity contribution in [2.75, 3.05) is 48.5 Å². The van der Waals surface area contributed by atoms with Crippen molar-refractivity contribution < 1.29 is 34.1 Å². The summed E-state index contributed by atoms with van der Waals surface area (Å²) in [5.41, 5.74) is 5.79. The number of hydrogen-bond acceptors (Lipinski definition) is 14. The lowest BCUT2D eigenvalue weighted by Gasteiger charge is -2.45. The highest BCUT2D eigenvalue weighted by Gasteiger charge is 2.41. The largest absolute Gasteiger partial charge is 0.483 e. The quantitative estimate of drug-likeness (QED) is 0.0639. The number of ether oxygens (including phenoxy) is 1. The maximum absolute atomic E-state index is 13.7. The predicted octanol–water partition coefficient (Wildman–Crippen LogP) is 8.18. The van der Waals surface area contributed by atoms with E-state index < -0.39 is 12.0 Å². The third kappa shape index (κ3) is 9.02. The molecule has 0 saturated carbocycles. The van der Waals surface area contributed by atoms with Crippen molar-refractivity contribution in [3.8, 4) is 16.2 Å². The molecule has 0 bridgehead atoms. The summed E-state index contributed by atoms with van der Waals surface area (Å²) in [4.78, 5) is 63.6. The van der Waals surface area contributed by atoms with E-state index in [2.05, 4.69) is 52.4 Å². The number of piperidine rings is 3. The Bertz CT molecular complexity index is 2950. The van der Waals surface area contributed by atoms with Crippen molar-refractivity contribution in [3.05, 3.63) is 106 Å². The van der Waals surface area contributed by atoms with Gasteiger partial charge in [-0.2, -0.15) is 10.1 Å². The number of aldehydes is 1. The van der Waals surface area contributed by atoms with Crippen LogP contribution in [0.4, 0.5) is 17.2 Å². The van der Waals surface area contributed by atoms with Gasteiger partial charge < -0.3 is 30.5 Å². The lowest BCUT2D eigenvalue weighted by Crippen LogP contribution is -2.51. The lowest BCUT2D eigenvalue weighted by molar-refractivity contribution is -0.122. The average Bonchev–Trinajstić information content (AvgIpc) is 4.00. The van der Waals surface area contributed by atoms with Crippen molar-refractivity contribution in [3.63, 3.8) is 0 Å². The number of nitrogens with zero attached hydrogens (tertiary/aromatic N) is 7. The van der Waals surface area contributed by atoms with Gasteiger partial charge in [0.25, 0.3) is 11.7 Å². The number of carbonyl (C=O) groups is 4. The number of anilines is 3. The van der Waals surface area contributed by atoms with Crippen LogP contribution >= 0.6 is 34.9 Å². The second kappa shape index (κ2) is 19.5. The zero-order valence-electron chi connectivity index (χ0n) is 37.9. The highest BCUT2D eigenvalue weighted by Crippen LogP contribution is 2.47. The van der Waals surface area contributed by atoms with Crippen molar-refractivity contribution in [1.82, 2.24) is 29.2 Å². The molecule has 3 saturated heterocycles. The SMILES string of the molecule is C=C1CCC(N2C(=O)c3cccc4c(C5CCN(c6cn7nc(CSN8CCC(Nc9cccc(-c%10sc(C(=O)O)c(OCC=O)c%10Cl)c9)CC8(C)C)cnc7n6)CC5)ccc2c34)C(=O)N1.CO. The molecule has 3 aromatic carbocycles. The van der Waals surface area contributed by atoms with E-state index in [9.17, 15) is 24.3 Å². The summed E-state index contributed by atoms with van der Waals surface area (Å²) in [5.74, 6) is 0.928. The standard InChI is InChI=1S/C48H48ClN9O6S2.CH4O/c1-27-10-12-37(44(60)51-27)58-36-13-11-33(34-8-5-9-35(39(34)36)45(58)61)28-14-17-55(18-15-28)38-25-56-47(53-38)50-24-32(54-56)26-65-57-19-16-31(23-48(57,2)3)52-30-7-4-6-29(22-30)42-40(49)41(64-21-20-59)43(66-42)46(62)63;1-2/h4-9,11,13,20,22,24-25,28,31,37,52H,1,10,12,14-19,21,23,26H2,2-3H3,(H,51,60)(H,62,63);2H,1H3. The summed E-state index contributed by atoms with van der Waals surface area (Å²) in [6, 6.07) is 17.5.